The smallest absolute Gasteiger partial charge is 0.315 e. The summed E-state index contributed by atoms with van der Waals surface area (Å²) in [5, 5.41) is 0. The van der Waals surface area contributed by atoms with Crippen molar-refractivity contribution in [2.45, 2.75) is 20.8 Å². The molecule has 0 fully saturated rings. The van der Waals surface area contributed by atoms with Crippen molar-refractivity contribution in [1.29, 1.82) is 0 Å². The van der Waals surface area contributed by atoms with Gasteiger partial charge in [-0.3, -0.25) is 14.4 Å². The Bertz CT molecular complexity index is 242. The summed E-state index contributed by atoms with van der Waals surface area (Å²) in [7, 11) is 0. The first-order valence-electron chi connectivity index (χ1n) is 4.90. The topological polar surface area (TPSA) is 78.9 Å². The molecular weight excluding hydrogens is 216 g/mol. The molecule has 0 saturated heterocycles. The molecule has 92 valence electrons. The van der Waals surface area contributed by atoms with Crippen molar-refractivity contribution in [2.75, 3.05) is 19.8 Å². The second-order valence-corrected chi connectivity index (χ2v) is 3.05. The quantitative estimate of drug-likeness (QED) is 0.484. The number of carbonyl (C=O) groups excluding carboxylic acids is 3. The van der Waals surface area contributed by atoms with Crippen molar-refractivity contribution in [3.63, 3.8) is 0 Å². The molecule has 0 bridgehead atoms. The van der Waals surface area contributed by atoms with Crippen LogP contribution in [0.5, 0.6) is 0 Å². The van der Waals surface area contributed by atoms with Gasteiger partial charge < -0.3 is 14.2 Å². The Balaban J connectivity index is 4.19. The van der Waals surface area contributed by atoms with Crippen LogP contribution in [0.1, 0.15) is 20.8 Å². The van der Waals surface area contributed by atoms with E-state index in [9.17, 15) is 14.4 Å². The van der Waals surface area contributed by atoms with Gasteiger partial charge in [0.05, 0.1) is 6.61 Å². The van der Waals surface area contributed by atoms with Crippen LogP contribution in [0.25, 0.3) is 0 Å². The van der Waals surface area contributed by atoms with Crippen molar-refractivity contribution < 1.29 is 28.6 Å². The highest BCUT2D eigenvalue weighted by atomic mass is 16.6. The Kier molecular flexibility index (Phi) is 6.91. The zero-order valence-corrected chi connectivity index (χ0v) is 9.65. The summed E-state index contributed by atoms with van der Waals surface area (Å²) in [5.41, 5.74) is 0. The SMILES string of the molecule is CCOC(=O)C(COC(C)=O)COC(C)=O. The lowest BCUT2D eigenvalue weighted by molar-refractivity contribution is -0.158. The number of esters is 3. The molecule has 0 aliphatic carbocycles. The molecule has 0 aromatic heterocycles. The summed E-state index contributed by atoms with van der Waals surface area (Å²) >= 11 is 0. The molecule has 0 aliphatic rings. The molecule has 0 N–H and O–H groups in total. The van der Waals surface area contributed by atoms with E-state index in [1.54, 1.807) is 6.92 Å². The Morgan fingerprint density at radius 2 is 1.38 bits per heavy atom. The van der Waals surface area contributed by atoms with E-state index in [-0.39, 0.29) is 19.8 Å². The number of hydrogen-bond donors (Lipinski definition) is 0. The van der Waals surface area contributed by atoms with Crippen LogP contribution in [0.2, 0.25) is 0 Å². The zero-order chi connectivity index (χ0) is 12.6. The van der Waals surface area contributed by atoms with Crippen LogP contribution < -0.4 is 0 Å². The van der Waals surface area contributed by atoms with Crippen molar-refractivity contribution in [3.05, 3.63) is 0 Å². The molecule has 0 spiro atoms. The van der Waals surface area contributed by atoms with Crippen molar-refractivity contribution in [2.24, 2.45) is 5.92 Å². The van der Waals surface area contributed by atoms with E-state index in [4.69, 9.17) is 4.74 Å². The number of rotatable bonds is 6. The average molecular weight is 232 g/mol. The van der Waals surface area contributed by atoms with E-state index >= 15 is 0 Å². The first-order valence-corrected chi connectivity index (χ1v) is 4.90. The van der Waals surface area contributed by atoms with Gasteiger partial charge in [0, 0.05) is 13.8 Å². The Hall–Kier alpha value is -1.59. The summed E-state index contributed by atoms with van der Waals surface area (Å²) in [4.78, 5) is 32.5. The molecule has 6 heteroatoms. The molecule has 0 aliphatic heterocycles. The Morgan fingerprint density at radius 1 is 0.938 bits per heavy atom. The first-order chi connectivity index (χ1) is 7.47. The predicted molar refractivity (Wildman–Crippen MR) is 53.4 cm³/mol. The molecule has 0 rings (SSSR count). The third-order valence-electron chi connectivity index (χ3n) is 1.60. The van der Waals surface area contributed by atoms with E-state index in [0.29, 0.717) is 0 Å². The second-order valence-electron chi connectivity index (χ2n) is 3.05. The van der Waals surface area contributed by atoms with Gasteiger partial charge in [0.2, 0.25) is 0 Å². The van der Waals surface area contributed by atoms with Crippen LogP contribution in [-0.4, -0.2) is 37.7 Å². The molecule has 0 saturated carbocycles. The maximum Gasteiger partial charge on any atom is 0.315 e. The number of ether oxygens (including phenoxy) is 3. The molecule has 0 amide bonds. The van der Waals surface area contributed by atoms with E-state index in [1.807, 2.05) is 0 Å². The normalized spacial score (nSPS) is 9.75. The van der Waals surface area contributed by atoms with Gasteiger partial charge in [-0.15, -0.1) is 0 Å². The van der Waals surface area contributed by atoms with Crippen molar-refractivity contribution in [1.82, 2.24) is 0 Å². The Morgan fingerprint density at radius 3 is 1.69 bits per heavy atom. The molecule has 0 heterocycles. The minimum Gasteiger partial charge on any atom is -0.466 e. The van der Waals surface area contributed by atoms with E-state index in [0.717, 1.165) is 0 Å². The van der Waals surface area contributed by atoms with Crippen LogP contribution in [0.4, 0.5) is 0 Å². The highest BCUT2D eigenvalue weighted by Gasteiger charge is 2.22. The highest BCUT2D eigenvalue weighted by Crippen LogP contribution is 2.03. The van der Waals surface area contributed by atoms with Gasteiger partial charge >= 0.3 is 17.9 Å². The van der Waals surface area contributed by atoms with Crippen molar-refractivity contribution in [3.8, 4) is 0 Å². The fourth-order valence-corrected chi connectivity index (χ4v) is 0.880. The third-order valence-corrected chi connectivity index (χ3v) is 1.60. The van der Waals surface area contributed by atoms with Gasteiger partial charge in [0.25, 0.3) is 0 Å². The van der Waals surface area contributed by atoms with E-state index in [1.165, 1.54) is 13.8 Å². The molecule has 16 heavy (non-hydrogen) atoms. The highest BCUT2D eigenvalue weighted by molar-refractivity contribution is 5.74. The Labute approximate surface area is 93.8 Å². The first kappa shape index (κ1) is 14.4. The fourth-order valence-electron chi connectivity index (χ4n) is 0.880. The molecular formula is C10H16O6. The lowest BCUT2D eigenvalue weighted by Gasteiger charge is -2.14. The molecule has 0 aromatic carbocycles. The minimum absolute atomic E-state index is 0.151. The molecule has 0 aromatic rings. The predicted octanol–water partition coefficient (Wildman–Crippen LogP) is 0.292. The lowest BCUT2D eigenvalue weighted by Crippen LogP contribution is -2.28. The van der Waals surface area contributed by atoms with Gasteiger partial charge in [-0.25, -0.2) is 0 Å². The lowest BCUT2D eigenvalue weighted by atomic mass is 10.2. The fraction of sp³-hybridized carbons (Fsp3) is 0.700. The molecule has 0 radical (unpaired) electrons. The summed E-state index contributed by atoms with van der Waals surface area (Å²) < 4.78 is 14.1. The maximum atomic E-state index is 11.4. The van der Waals surface area contributed by atoms with Crippen LogP contribution in [0, 0.1) is 5.92 Å². The molecule has 0 atom stereocenters. The van der Waals surface area contributed by atoms with Crippen molar-refractivity contribution >= 4 is 17.9 Å². The van der Waals surface area contributed by atoms with Crippen LogP contribution in [0.3, 0.4) is 0 Å². The summed E-state index contributed by atoms with van der Waals surface area (Å²) in [5.74, 6) is -2.33. The van der Waals surface area contributed by atoms with Gasteiger partial charge in [-0.1, -0.05) is 0 Å². The average Bonchev–Trinajstić information content (AvgIpc) is 2.17. The van der Waals surface area contributed by atoms with Gasteiger partial charge in [-0.05, 0) is 6.92 Å². The third kappa shape index (κ3) is 6.80. The summed E-state index contributed by atoms with van der Waals surface area (Å²) in [6.07, 6.45) is 0. The van der Waals surface area contributed by atoms with E-state index < -0.39 is 23.8 Å². The summed E-state index contributed by atoms with van der Waals surface area (Å²) in [6.45, 7) is 4.03. The van der Waals surface area contributed by atoms with Gasteiger partial charge in [0.15, 0.2) is 0 Å². The van der Waals surface area contributed by atoms with Crippen LogP contribution in [-0.2, 0) is 28.6 Å². The number of hydrogen-bond acceptors (Lipinski definition) is 6. The molecule has 6 nitrogen and oxygen atoms in total. The van der Waals surface area contributed by atoms with Crippen LogP contribution >= 0.6 is 0 Å². The standard InChI is InChI=1S/C10H16O6/c1-4-14-10(13)9(5-15-7(2)11)6-16-8(3)12/h9H,4-6H2,1-3H3. The van der Waals surface area contributed by atoms with Gasteiger partial charge in [0.1, 0.15) is 19.1 Å². The minimum atomic E-state index is -0.771. The van der Waals surface area contributed by atoms with Crippen LogP contribution in [0.15, 0.2) is 0 Å². The number of carbonyl (C=O) groups is 3. The summed E-state index contributed by atoms with van der Waals surface area (Å²) in [6, 6.07) is 0. The monoisotopic (exact) mass is 232 g/mol. The largest absolute Gasteiger partial charge is 0.466 e. The molecule has 0 unspecified atom stereocenters. The second kappa shape index (κ2) is 7.67. The van der Waals surface area contributed by atoms with Gasteiger partial charge in [-0.2, -0.15) is 0 Å². The van der Waals surface area contributed by atoms with E-state index in [2.05, 4.69) is 9.47 Å². The maximum absolute atomic E-state index is 11.4. The zero-order valence-electron chi connectivity index (χ0n) is 9.65.